The number of nitrogens with zero attached hydrogens (tertiary/aromatic N) is 1. The van der Waals surface area contributed by atoms with Crippen LogP contribution in [0.5, 0.6) is 11.5 Å². The molecule has 2 aliphatic heterocycles. The molecule has 35 heavy (non-hydrogen) atoms. The van der Waals surface area contributed by atoms with Crippen molar-refractivity contribution in [3.05, 3.63) is 59.2 Å². The number of ether oxygens (including phenoxy) is 2. The van der Waals surface area contributed by atoms with E-state index in [1.165, 1.54) is 6.07 Å². The summed E-state index contributed by atoms with van der Waals surface area (Å²) in [4.78, 5) is 28.0. The lowest BCUT2D eigenvalue weighted by molar-refractivity contribution is -0.138. The number of amides is 2. The monoisotopic (exact) mass is 488 g/mol. The van der Waals surface area contributed by atoms with Crippen molar-refractivity contribution in [3.8, 4) is 11.5 Å². The van der Waals surface area contributed by atoms with Crippen molar-refractivity contribution in [3.63, 3.8) is 0 Å². The van der Waals surface area contributed by atoms with E-state index in [9.17, 15) is 22.8 Å². The van der Waals surface area contributed by atoms with Crippen LogP contribution in [-0.4, -0.2) is 36.6 Å². The molecule has 2 aromatic carbocycles. The smallest absolute Gasteiger partial charge is 0.416 e. The Morgan fingerprint density at radius 2 is 1.77 bits per heavy atom. The van der Waals surface area contributed by atoms with Crippen molar-refractivity contribution in [1.29, 1.82) is 0 Å². The molecule has 0 spiro atoms. The molecule has 0 bridgehead atoms. The van der Waals surface area contributed by atoms with Crippen molar-refractivity contribution in [1.82, 2.24) is 10.2 Å². The summed E-state index contributed by atoms with van der Waals surface area (Å²) < 4.78 is 50.8. The lowest BCUT2D eigenvalue weighted by Crippen LogP contribution is -2.36. The summed E-state index contributed by atoms with van der Waals surface area (Å²) >= 11 is 0. The third-order valence-electron chi connectivity index (χ3n) is 7.22. The van der Waals surface area contributed by atoms with E-state index in [1.807, 2.05) is 6.07 Å². The van der Waals surface area contributed by atoms with Crippen molar-refractivity contribution < 1.29 is 32.2 Å². The maximum Gasteiger partial charge on any atom is 0.416 e. The van der Waals surface area contributed by atoms with Gasteiger partial charge in [-0.25, -0.2) is 0 Å². The van der Waals surface area contributed by atoms with E-state index in [-0.39, 0.29) is 44.2 Å². The average molecular weight is 489 g/mol. The minimum absolute atomic E-state index is 0.00514. The largest absolute Gasteiger partial charge is 0.454 e. The third kappa shape index (κ3) is 4.94. The summed E-state index contributed by atoms with van der Waals surface area (Å²) in [6.07, 6.45) is -0.832. The maximum absolute atomic E-state index is 13.4. The van der Waals surface area contributed by atoms with E-state index in [0.717, 1.165) is 43.4 Å². The molecule has 2 amide bonds. The fourth-order valence-corrected chi connectivity index (χ4v) is 5.33. The zero-order chi connectivity index (χ0) is 24.6. The number of hydrogen-bond donors (Lipinski definition) is 1. The predicted octanol–water partition coefficient (Wildman–Crippen LogP) is 4.48. The lowest BCUT2D eigenvalue weighted by Gasteiger charge is -2.20. The van der Waals surface area contributed by atoms with E-state index in [4.69, 9.17) is 9.47 Å². The SMILES string of the molecule is O=C(NCc1ccc2c(c1)OCO2)[C@H]1CN(C(=O)C2CCCC2)C[C@@H]1c1cccc(C(F)(F)F)c1. The molecule has 0 aromatic heterocycles. The third-order valence-corrected chi connectivity index (χ3v) is 7.22. The van der Waals surface area contributed by atoms with E-state index < -0.39 is 23.6 Å². The van der Waals surface area contributed by atoms with Gasteiger partial charge in [0.25, 0.3) is 0 Å². The van der Waals surface area contributed by atoms with Crippen LogP contribution in [0, 0.1) is 11.8 Å². The second-order valence-corrected chi connectivity index (χ2v) is 9.47. The fourth-order valence-electron chi connectivity index (χ4n) is 5.33. The summed E-state index contributed by atoms with van der Waals surface area (Å²) in [5.74, 6) is -0.253. The Bertz CT molecular complexity index is 1110. The van der Waals surface area contributed by atoms with E-state index in [2.05, 4.69) is 5.32 Å². The van der Waals surface area contributed by atoms with E-state index >= 15 is 0 Å². The molecular weight excluding hydrogens is 461 g/mol. The first kappa shape index (κ1) is 23.5. The van der Waals surface area contributed by atoms with Crippen molar-refractivity contribution >= 4 is 11.8 Å². The molecule has 9 heteroatoms. The molecule has 0 radical (unpaired) electrons. The number of rotatable bonds is 5. The highest BCUT2D eigenvalue weighted by atomic mass is 19.4. The normalized spacial score (nSPS) is 22.0. The first-order valence-corrected chi connectivity index (χ1v) is 11.9. The van der Waals surface area contributed by atoms with Crippen LogP contribution in [0.15, 0.2) is 42.5 Å². The topological polar surface area (TPSA) is 67.9 Å². The van der Waals surface area contributed by atoms with Gasteiger partial charge < -0.3 is 19.7 Å². The van der Waals surface area contributed by atoms with Crippen LogP contribution in [0.2, 0.25) is 0 Å². The van der Waals surface area contributed by atoms with Gasteiger partial charge >= 0.3 is 6.18 Å². The Hall–Kier alpha value is -3.23. The molecule has 6 nitrogen and oxygen atoms in total. The van der Waals surface area contributed by atoms with Crippen LogP contribution >= 0.6 is 0 Å². The predicted molar refractivity (Wildman–Crippen MR) is 121 cm³/mol. The first-order valence-electron chi connectivity index (χ1n) is 11.9. The standard InChI is InChI=1S/C26H27F3N2O4/c27-26(28,29)19-7-3-6-18(11-19)20-13-31(25(33)17-4-1-2-5-17)14-21(20)24(32)30-12-16-8-9-22-23(10-16)35-15-34-22/h3,6-11,17,20-21H,1-2,4-5,12-15H2,(H,30,32)/t20-,21+/m1/s1. The summed E-state index contributed by atoms with van der Waals surface area (Å²) in [6.45, 7) is 0.816. The molecule has 3 aliphatic rings. The first-order chi connectivity index (χ1) is 16.8. The van der Waals surface area contributed by atoms with E-state index in [0.29, 0.717) is 17.1 Å². The molecule has 2 aromatic rings. The average Bonchev–Trinajstić information content (AvgIpc) is 3.62. The van der Waals surface area contributed by atoms with Gasteiger partial charge in [0.15, 0.2) is 11.5 Å². The summed E-state index contributed by atoms with van der Waals surface area (Å²) in [7, 11) is 0. The fraction of sp³-hybridized carbons (Fsp3) is 0.462. The van der Waals surface area contributed by atoms with Crippen molar-refractivity contribution in [2.45, 2.75) is 44.3 Å². The van der Waals surface area contributed by atoms with Gasteiger partial charge in [-0.2, -0.15) is 13.2 Å². The Morgan fingerprint density at radius 3 is 2.54 bits per heavy atom. The van der Waals surface area contributed by atoms with E-state index in [1.54, 1.807) is 23.1 Å². The van der Waals surface area contributed by atoms with Crippen molar-refractivity contribution in [2.24, 2.45) is 11.8 Å². The molecular formula is C26H27F3N2O4. The van der Waals surface area contributed by atoms with Gasteiger partial charge in [-0.15, -0.1) is 0 Å². The summed E-state index contributed by atoms with van der Waals surface area (Å²) in [5, 5.41) is 2.91. The Labute approximate surface area is 201 Å². The lowest BCUT2D eigenvalue weighted by atomic mass is 9.87. The number of likely N-dealkylation sites (tertiary alicyclic amines) is 1. The highest BCUT2D eigenvalue weighted by Crippen LogP contribution is 2.38. The molecule has 5 rings (SSSR count). The molecule has 1 saturated heterocycles. The number of carbonyl (C=O) groups is 2. The van der Waals surface area contributed by atoms with Gasteiger partial charge in [-0.05, 0) is 42.2 Å². The minimum Gasteiger partial charge on any atom is -0.454 e. The molecule has 0 unspecified atom stereocenters. The molecule has 1 N–H and O–H groups in total. The highest BCUT2D eigenvalue weighted by Gasteiger charge is 2.43. The maximum atomic E-state index is 13.4. The zero-order valence-corrected chi connectivity index (χ0v) is 19.1. The quantitative estimate of drug-likeness (QED) is 0.674. The summed E-state index contributed by atoms with van der Waals surface area (Å²) in [5.41, 5.74) is 0.481. The Balaban J connectivity index is 1.35. The van der Waals surface area contributed by atoms with Crippen LogP contribution in [0.25, 0.3) is 0 Å². The Morgan fingerprint density at radius 1 is 1.00 bits per heavy atom. The number of nitrogens with one attached hydrogen (secondary N) is 1. The number of alkyl halides is 3. The number of fused-ring (bicyclic) bond motifs is 1. The molecule has 2 atom stereocenters. The molecule has 1 aliphatic carbocycles. The highest BCUT2D eigenvalue weighted by molar-refractivity contribution is 5.84. The number of carbonyl (C=O) groups excluding carboxylic acids is 2. The molecule has 186 valence electrons. The van der Waals surface area contributed by atoms with Crippen LogP contribution in [0.4, 0.5) is 13.2 Å². The van der Waals surface area contributed by atoms with Crippen LogP contribution in [0.1, 0.15) is 48.3 Å². The summed E-state index contributed by atoms with van der Waals surface area (Å²) in [6, 6.07) is 10.5. The van der Waals surface area contributed by atoms with Gasteiger partial charge in [0.2, 0.25) is 18.6 Å². The molecule has 1 saturated carbocycles. The van der Waals surface area contributed by atoms with Gasteiger partial charge in [0.05, 0.1) is 11.5 Å². The number of hydrogen-bond acceptors (Lipinski definition) is 4. The van der Waals surface area contributed by atoms with Gasteiger partial charge in [0.1, 0.15) is 0 Å². The van der Waals surface area contributed by atoms with Crippen molar-refractivity contribution in [2.75, 3.05) is 19.9 Å². The Kier molecular flexibility index (Phi) is 6.34. The second kappa shape index (κ2) is 9.43. The van der Waals surface area contributed by atoms with Crippen LogP contribution in [-0.2, 0) is 22.3 Å². The van der Waals surface area contributed by atoms with Gasteiger partial charge in [-0.3, -0.25) is 9.59 Å². The number of halogens is 3. The molecule has 2 heterocycles. The zero-order valence-electron chi connectivity index (χ0n) is 19.1. The van der Waals surface area contributed by atoms with Crippen LogP contribution < -0.4 is 14.8 Å². The molecule has 2 fully saturated rings. The second-order valence-electron chi connectivity index (χ2n) is 9.47. The van der Waals surface area contributed by atoms with Gasteiger partial charge in [-0.1, -0.05) is 37.1 Å². The number of benzene rings is 2. The van der Waals surface area contributed by atoms with Crippen LogP contribution in [0.3, 0.4) is 0 Å². The minimum atomic E-state index is -4.48. The van der Waals surface area contributed by atoms with Gasteiger partial charge in [0, 0.05) is 31.5 Å².